The summed E-state index contributed by atoms with van der Waals surface area (Å²) in [7, 11) is 0. The summed E-state index contributed by atoms with van der Waals surface area (Å²) in [5.74, 6) is 1.68. The molecule has 3 rings (SSSR count). The van der Waals surface area contributed by atoms with Crippen molar-refractivity contribution >= 4 is 28.4 Å². The molecule has 0 radical (unpaired) electrons. The van der Waals surface area contributed by atoms with E-state index in [9.17, 15) is 0 Å². The van der Waals surface area contributed by atoms with Crippen LogP contribution in [-0.2, 0) is 0 Å². The zero-order valence-electron chi connectivity index (χ0n) is 16.3. The Kier molecular flexibility index (Phi) is 6.62. The standard InChI is InChI=1S/C23H28N2OS/c1-5-8-19(6-2)27-22-16-24-21-10-9-18(26-7-3)15-20(21)23(22)25-13-11-17(4)12-14-25/h5-6,8-10,15-17H,1-2,7,11-14H2,3-4H3/b19-8+. The van der Waals surface area contributed by atoms with E-state index < -0.39 is 0 Å². The summed E-state index contributed by atoms with van der Waals surface area (Å²) in [6.07, 6.45) is 10.1. The molecule has 0 atom stereocenters. The van der Waals surface area contributed by atoms with Gasteiger partial charge in [-0.05, 0) is 50.0 Å². The number of anilines is 1. The van der Waals surface area contributed by atoms with Crippen LogP contribution in [0.2, 0.25) is 0 Å². The zero-order chi connectivity index (χ0) is 19.2. The summed E-state index contributed by atoms with van der Waals surface area (Å²) in [6, 6.07) is 6.19. The highest BCUT2D eigenvalue weighted by Gasteiger charge is 2.22. The number of benzene rings is 1. The number of fused-ring (bicyclic) bond motifs is 1. The van der Waals surface area contributed by atoms with E-state index in [1.54, 1.807) is 17.8 Å². The van der Waals surface area contributed by atoms with Gasteiger partial charge < -0.3 is 9.64 Å². The second kappa shape index (κ2) is 9.14. The number of hydrogen-bond acceptors (Lipinski definition) is 4. The van der Waals surface area contributed by atoms with Crippen LogP contribution in [-0.4, -0.2) is 24.7 Å². The fraction of sp³-hybridized carbons (Fsp3) is 0.348. The van der Waals surface area contributed by atoms with Crippen molar-refractivity contribution in [2.24, 2.45) is 5.92 Å². The van der Waals surface area contributed by atoms with Gasteiger partial charge in [0, 0.05) is 29.6 Å². The van der Waals surface area contributed by atoms with Crippen molar-refractivity contribution in [2.75, 3.05) is 24.6 Å². The average molecular weight is 381 g/mol. The Bertz CT molecular complexity index is 851. The number of aromatic nitrogens is 1. The maximum Gasteiger partial charge on any atom is 0.120 e. The predicted molar refractivity (Wildman–Crippen MR) is 118 cm³/mol. The summed E-state index contributed by atoms with van der Waals surface area (Å²) in [4.78, 5) is 9.44. The summed E-state index contributed by atoms with van der Waals surface area (Å²) in [6.45, 7) is 14.9. The lowest BCUT2D eigenvalue weighted by Gasteiger charge is -2.34. The molecule has 4 heteroatoms. The summed E-state index contributed by atoms with van der Waals surface area (Å²) in [5, 5.41) is 1.16. The number of ether oxygens (including phenoxy) is 1. The van der Waals surface area contributed by atoms with Crippen molar-refractivity contribution in [1.82, 2.24) is 4.98 Å². The molecule has 0 unspecified atom stereocenters. The number of pyridine rings is 1. The van der Waals surface area contributed by atoms with Crippen LogP contribution in [0.3, 0.4) is 0 Å². The molecule has 0 spiro atoms. The van der Waals surface area contributed by atoms with E-state index in [4.69, 9.17) is 9.72 Å². The molecule has 2 aromatic rings. The number of piperidine rings is 1. The first-order chi connectivity index (χ1) is 13.2. The van der Waals surface area contributed by atoms with Crippen LogP contribution < -0.4 is 9.64 Å². The lowest BCUT2D eigenvalue weighted by molar-refractivity contribution is 0.340. The van der Waals surface area contributed by atoms with Crippen molar-refractivity contribution in [3.8, 4) is 5.75 Å². The first-order valence-electron chi connectivity index (χ1n) is 9.59. The van der Waals surface area contributed by atoms with Gasteiger partial charge in [-0.15, -0.1) is 0 Å². The van der Waals surface area contributed by atoms with Gasteiger partial charge in [0.25, 0.3) is 0 Å². The number of rotatable bonds is 7. The maximum absolute atomic E-state index is 5.76. The normalized spacial score (nSPS) is 15.8. The van der Waals surface area contributed by atoms with E-state index in [0.717, 1.165) is 45.5 Å². The van der Waals surface area contributed by atoms with Crippen LogP contribution in [0.4, 0.5) is 5.69 Å². The van der Waals surface area contributed by atoms with Crippen molar-refractivity contribution < 1.29 is 4.74 Å². The monoisotopic (exact) mass is 380 g/mol. The third kappa shape index (κ3) is 4.56. The van der Waals surface area contributed by atoms with E-state index in [-0.39, 0.29) is 0 Å². The smallest absolute Gasteiger partial charge is 0.120 e. The lowest BCUT2D eigenvalue weighted by Crippen LogP contribution is -2.33. The van der Waals surface area contributed by atoms with Crippen molar-refractivity contribution in [1.29, 1.82) is 0 Å². The molecule has 0 aliphatic carbocycles. The molecule has 1 aliphatic heterocycles. The first-order valence-corrected chi connectivity index (χ1v) is 10.4. The molecule has 142 valence electrons. The van der Waals surface area contributed by atoms with E-state index >= 15 is 0 Å². The van der Waals surface area contributed by atoms with Gasteiger partial charge in [0.05, 0.1) is 22.7 Å². The molecule has 2 heterocycles. The van der Waals surface area contributed by atoms with E-state index in [1.165, 1.54) is 18.5 Å². The van der Waals surface area contributed by atoms with Gasteiger partial charge in [0.1, 0.15) is 5.75 Å². The van der Waals surface area contributed by atoms with Gasteiger partial charge in [-0.1, -0.05) is 44.0 Å². The fourth-order valence-corrected chi connectivity index (χ4v) is 4.36. The van der Waals surface area contributed by atoms with E-state index in [2.05, 4.69) is 37.1 Å². The quantitative estimate of drug-likeness (QED) is 0.421. The Morgan fingerprint density at radius 3 is 2.78 bits per heavy atom. The minimum Gasteiger partial charge on any atom is -0.494 e. The van der Waals surface area contributed by atoms with Gasteiger partial charge >= 0.3 is 0 Å². The molecular formula is C23H28N2OS. The molecule has 3 nitrogen and oxygen atoms in total. The first kappa shape index (κ1) is 19.6. The minimum atomic E-state index is 0.659. The Hall–Kier alpha value is -2.20. The zero-order valence-corrected chi connectivity index (χ0v) is 17.1. The number of nitrogens with zero attached hydrogens (tertiary/aromatic N) is 2. The highest BCUT2D eigenvalue weighted by atomic mass is 32.2. The third-order valence-corrected chi connectivity index (χ3v) is 5.96. The van der Waals surface area contributed by atoms with Gasteiger partial charge in [0.15, 0.2) is 0 Å². The van der Waals surface area contributed by atoms with Gasteiger partial charge in [-0.25, -0.2) is 0 Å². The Morgan fingerprint density at radius 1 is 1.33 bits per heavy atom. The predicted octanol–water partition coefficient (Wildman–Crippen LogP) is 6.22. The molecule has 0 bridgehead atoms. The molecule has 1 fully saturated rings. The number of hydrogen-bond donors (Lipinski definition) is 0. The second-order valence-corrected chi connectivity index (χ2v) is 7.98. The molecule has 1 aromatic carbocycles. The highest BCUT2D eigenvalue weighted by molar-refractivity contribution is 8.03. The van der Waals surface area contributed by atoms with Crippen LogP contribution >= 0.6 is 11.8 Å². The molecule has 0 saturated carbocycles. The third-order valence-electron chi connectivity index (χ3n) is 4.90. The minimum absolute atomic E-state index is 0.659. The maximum atomic E-state index is 5.76. The topological polar surface area (TPSA) is 25.4 Å². The summed E-state index contributed by atoms with van der Waals surface area (Å²) in [5.41, 5.74) is 2.26. The summed E-state index contributed by atoms with van der Waals surface area (Å²) >= 11 is 1.70. The van der Waals surface area contributed by atoms with Crippen molar-refractivity contribution in [2.45, 2.75) is 31.6 Å². The van der Waals surface area contributed by atoms with Crippen molar-refractivity contribution in [3.63, 3.8) is 0 Å². The Morgan fingerprint density at radius 2 is 2.11 bits per heavy atom. The highest BCUT2D eigenvalue weighted by Crippen LogP contribution is 2.41. The molecule has 1 aromatic heterocycles. The molecule has 1 aliphatic rings. The van der Waals surface area contributed by atoms with Crippen LogP contribution in [0.25, 0.3) is 10.9 Å². The second-order valence-electron chi connectivity index (χ2n) is 6.86. The average Bonchev–Trinajstić information content (AvgIpc) is 2.68. The van der Waals surface area contributed by atoms with Gasteiger partial charge in [0.2, 0.25) is 0 Å². The van der Waals surface area contributed by atoms with Crippen LogP contribution in [0, 0.1) is 5.92 Å². The van der Waals surface area contributed by atoms with Gasteiger partial charge in [-0.3, -0.25) is 4.98 Å². The van der Waals surface area contributed by atoms with Crippen LogP contribution in [0.1, 0.15) is 26.7 Å². The molecule has 0 amide bonds. The summed E-state index contributed by atoms with van der Waals surface area (Å²) < 4.78 is 5.76. The molecule has 1 saturated heterocycles. The molecule has 27 heavy (non-hydrogen) atoms. The number of allylic oxidation sites excluding steroid dienone is 3. The molecular weight excluding hydrogens is 352 g/mol. The SMILES string of the molecule is C=C/C=C(\C=C)Sc1cnc2ccc(OCC)cc2c1N1CCC(C)CC1. The Labute approximate surface area is 166 Å². The van der Waals surface area contributed by atoms with E-state index in [0.29, 0.717) is 6.61 Å². The van der Waals surface area contributed by atoms with Crippen LogP contribution in [0.5, 0.6) is 5.75 Å². The fourth-order valence-electron chi connectivity index (χ4n) is 3.42. The Balaban J connectivity index is 2.12. The molecule has 0 N–H and O–H groups in total. The van der Waals surface area contributed by atoms with Crippen molar-refractivity contribution in [3.05, 3.63) is 60.7 Å². The lowest BCUT2D eigenvalue weighted by atomic mass is 9.98. The van der Waals surface area contributed by atoms with Crippen LogP contribution in [0.15, 0.2) is 65.6 Å². The number of thioether (sulfide) groups is 1. The largest absolute Gasteiger partial charge is 0.494 e. The van der Waals surface area contributed by atoms with E-state index in [1.807, 2.05) is 31.3 Å². The van der Waals surface area contributed by atoms with Gasteiger partial charge in [-0.2, -0.15) is 0 Å².